The molecular formula is C60H110O6. The van der Waals surface area contributed by atoms with Crippen molar-refractivity contribution in [3.8, 4) is 0 Å². The number of hydrogen-bond donors (Lipinski definition) is 0. The SMILES string of the molecule is CCCCCCC/C=C\C/C=C\CCCCCCCCCCCCCC(=O)OCC(COC(=O)CCCCCCCC)OC(=O)CCCCCCCCCCC/C=C\CCCCCCCC. The number of hydrogen-bond acceptors (Lipinski definition) is 6. The summed E-state index contributed by atoms with van der Waals surface area (Å²) in [5, 5.41) is 0. The van der Waals surface area contributed by atoms with E-state index in [1.54, 1.807) is 0 Å². The average molecular weight is 928 g/mol. The van der Waals surface area contributed by atoms with Crippen molar-refractivity contribution >= 4 is 17.9 Å². The summed E-state index contributed by atoms with van der Waals surface area (Å²) in [6.07, 6.45) is 66.0. The minimum Gasteiger partial charge on any atom is -0.462 e. The van der Waals surface area contributed by atoms with Gasteiger partial charge in [0.2, 0.25) is 0 Å². The van der Waals surface area contributed by atoms with Gasteiger partial charge in [0.15, 0.2) is 6.10 Å². The van der Waals surface area contributed by atoms with Crippen LogP contribution < -0.4 is 0 Å². The van der Waals surface area contributed by atoms with E-state index in [0.717, 1.165) is 64.2 Å². The molecule has 0 aromatic rings. The molecule has 0 rings (SSSR count). The molecular weight excluding hydrogens is 817 g/mol. The number of unbranched alkanes of at least 4 members (excludes halogenated alkanes) is 36. The van der Waals surface area contributed by atoms with Crippen molar-refractivity contribution in [3.05, 3.63) is 36.5 Å². The normalized spacial score (nSPS) is 12.2. The van der Waals surface area contributed by atoms with Gasteiger partial charge in [-0.15, -0.1) is 0 Å². The summed E-state index contributed by atoms with van der Waals surface area (Å²) in [6.45, 7) is 6.60. The summed E-state index contributed by atoms with van der Waals surface area (Å²) < 4.78 is 16.8. The molecule has 0 aliphatic heterocycles. The second-order valence-electron chi connectivity index (χ2n) is 19.6. The first-order valence-corrected chi connectivity index (χ1v) is 29.0. The Hall–Kier alpha value is -2.37. The molecule has 0 N–H and O–H groups in total. The van der Waals surface area contributed by atoms with Crippen molar-refractivity contribution < 1.29 is 28.6 Å². The van der Waals surface area contributed by atoms with E-state index in [2.05, 4.69) is 57.2 Å². The van der Waals surface area contributed by atoms with E-state index in [-0.39, 0.29) is 31.1 Å². The van der Waals surface area contributed by atoms with Crippen molar-refractivity contribution in [2.75, 3.05) is 13.2 Å². The molecule has 0 radical (unpaired) electrons. The molecule has 1 atom stereocenters. The van der Waals surface area contributed by atoms with Gasteiger partial charge in [-0.1, -0.05) is 250 Å². The lowest BCUT2D eigenvalue weighted by Crippen LogP contribution is -2.30. The first-order chi connectivity index (χ1) is 32.5. The Morgan fingerprint density at radius 2 is 0.545 bits per heavy atom. The summed E-state index contributed by atoms with van der Waals surface area (Å²) in [5.74, 6) is -0.871. The van der Waals surface area contributed by atoms with E-state index in [9.17, 15) is 14.4 Å². The Morgan fingerprint density at radius 1 is 0.303 bits per heavy atom. The minimum absolute atomic E-state index is 0.0714. The molecule has 1 unspecified atom stereocenters. The molecule has 0 aliphatic carbocycles. The number of rotatable bonds is 53. The summed E-state index contributed by atoms with van der Waals surface area (Å²) >= 11 is 0. The molecule has 0 aromatic carbocycles. The predicted molar refractivity (Wildman–Crippen MR) is 284 cm³/mol. The number of allylic oxidation sites excluding steroid dienone is 6. The van der Waals surface area contributed by atoms with Crippen LogP contribution in [-0.4, -0.2) is 37.2 Å². The Labute approximate surface area is 410 Å². The van der Waals surface area contributed by atoms with Crippen LogP contribution in [0.15, 0.2) is 36.5 Å². The second kappa shape index (κ2) is 55.2. The van der Waals surface area contributed by atoms with Crippen molar-refractivity contribution in [2.45, 2.75) is 316 Å². The van der Waals surface area contributed by atoms with Crippen LogP contribution in [0.4, 0.5) is 0 Å². The van der Waals surface area contributed by atoms with Crippen LogP contribution in [0.2, 0.25) is 0 Å². The molecule has 386 valence electrons. The Kier molecular flexibility index (Phi) is 53.2. The van der Waals surface area contributed by atoms with Crippen molar-refractivity contribution in [2.24, 2.45) is 0 Å². The molecule has 0 bridgehead atoms. The van der Waals surface area contributed by atoms with E-state index in [0.29, 0.717) is 19.3 Å². The maximum Gasteiger partial charge on any atom is 0.306 e. The standard InChI is InChI=1S/C60H110O6/c1-4-7-10-13-16-18-20-22-24-26-28-29-30-31-33-34-36-38-40-42-44-47-50-53-59(62)65-56-57(55-64-58(61)52-49-46-15-12-9-6-3)66-60(63)54-51-48-45-43-41-39-37-35-32-27-25-23-21-19-17-14-11-8-5-2/h20,22-23,25-26,28,57H,4-19,21,24,27,29-56H2,1-3H3/b22-20-,25-23-,28-26-. The van der Waals surface area contributed by atoms with Crippen LogP contribution in [0.5, 0.6) is 0 Å². The quantitative estimate of drug-likeness (QED) is 0.0262. The number of carbonyl (C=O) groups is 3. The van der Waals surface area contributed by atoms with Crippen LogP contribution in [-0.2, 0) is 28.6 Å². The Morgan fingerprint density at radius 3 is 0.848 bits per heavy atom. The largest absolute Gasteiger partial charge is 0.462 e. The van der Waals surface area contributed by atoms with Gasteiger partial charge in [-0.25, -0.2) is 0 Å². The maximum absolute atomic E-state index is 12.8. The topological polar surface area (TPSA) is 78.9 Å². The monoisotopic (exact) mass is 927 g/mol. The fraction of sp³-hybridized carbons (Fsp3) is 0.850. The number of carbonyl (C=O) groups excluding carboxylic acids is 3. The second-order valence-corrected chi connectivity index (χ2v) is 19.6. The van der Waals surface area contributed by atoms with Crippen molar-refractivity contribution in [1.82, 2.24) is 0 Å². The third-order valence-corrected chi connectivity index (χ3v) is 12.9. The van der Waals surface area contributed by atoms with Crippen LogP contribution in [0.1, 0.15) is 310 Å². The van der Waals surface area contributed by atoms with Gasteiger partial charge in [0.05, 0.1) is 0 Å². The highest BCUT2D eigenvalue weighted by Crippen LogP contribution is 2.16. The number of esters is 3. The lowest BCUT2D eigenvalue weighted by atomic mass is 10.0. The fourth-order valence-electron chi connectivity index (χ4n) is 8.47. The van der Waals surface area contributed by atoms with E-state index in [1.807, 2.05) is 0 Å². The number of ether oxygens (including phenoxy) is 3. The smallest absolute Gasteiger partial charge is 0.306 e. The lowest BCUT2D eigenvalue weighted by molar-refractivity contribution is -0.167. The van der Waals surface area contributed by atoms with Crippen molar-refractivity contribution in [1.29, 1.82) is 0 Å². The van der Waals surface area contributed by atoms with E-state index in [1.165, 1.54) is 205 Å². The summed E-state index contributed by atoms with van der Waals surface area (Å²) in [6, 6.07) is 0. The van der Waals surface area contributed by atoms with Crippen LogP contribution in [0.3, 0.4) is 0 Å². The van der Waals surface area contributed by atoms with Gasteiger partial charge < -0.3 is 14.2 Å². The minimum atomic E-state index is -0.769. The molecule has 0 heterocycles. The lowest BCUT2D eigenvalue weighted by Gasteiger charge is -2.18. The molecule has 0 amide bonds. The van der Waals surface area contributed by atoms with E-state index >= 15 is 0 Å². The molecule has 0 aliphatic rings. The van der Waals surface area contributed by atoms with Crippen LogP contribution in [0, 0.1) is 0 Å². The van der Waals surface area contributed by atoms with E-state index < -0.39 is 6.10 Å². The van der Waals surface area contributed by atoms with Gasteiger partial charge in [-0.05, 0) is 77.0 Å². The molecule has 66 heavy (non-hydrogen) atoms. The van der Waals surface area contributed by atoms with Gasteiger partial charge in [-0.3, -0.25) is 14.4 Å². The van der Waals surface area contributed by atoms with Crippen LogP contribution >= 0.6 is 0 Å². The first kappa shape index (κ1) is 63.6. The molecule has 0 saturated heterocycles. The highest BCUT2D eigenvalue weighted by molar-refractivity contribution is 5.71. The summed E-state index contributed by atoms with van der Waals surface area (Å²) in [4.78, 5) is 37.9. The zero-order valence-electron chi connectivity index (χ0n) is 44.2. The van der Waals surface area contributed by atoms with Gasteiger partial charge in [0.25, 0.3) is 0 Å². The fourth-order valence-corrected chi connectivity index (χ4v) is 8.47. The summed E-state index contributed by atoms with van der Waals surface area (Å²) in [7, 11) is 0. The van der Waals surface area contributed by atoms with Gasteiger partial charge in [0, 0.05) is 19.3 Å². The first-order valence-electron chi connectivity index (χ1n) is 29.0. The molecule has 0 saturated carbocycles. The van der Waals surface area contributed by atoms with Gasteiger partial charge in [-0.2, -0.15) is 0 Å². The zero-order valence-corrected chi connectivity index (χ0v) is 44.2. The highest BCUT2D eigenvalue weighted by atomic mass is 16.6. The third kappa shape index (κ3) is 52.6. The molecule has 0 aromatic heterocycles. The molecule has 0 fully saturated rings. The zero-order chi connectivity index (χ0) is 47.9. The van der Waals surface area contributed by atoms with Crippen molar-refractivity contribution in [3.63, 3.8) is 0 Å². The van der Waals surface area contributed by atoms with Gasteiger partial charge in [0.1, 0.15) is 13.2 Å². The summed E-state index contributed by atoms with van der Waals surface area (Å²) in [5.41, 5.74) is 0. The predicted octanol–water partition coefficient (Wildman–Crippen LogP) is 19.3. The van der Waals surface area contributed by atoms with Gasteiger partial charge >= 0.3 is 17.9 Å². The average Bonchev–Trinajstić information content (AvgIpc) is 3.31. The Balaban J connectivity index is 4.11. The third-order valence-electron chi connectivity index (χ3n) is 12.9. The molecule has 0 spiro atoms. The van der Waals surface area contributed by atoms with Crippen LogP contribution in [0.25, 0.3) is 0 Å². The highest BCUT2D eigenvalue weighted by Gasteiger charge is 2.19. The Bertz CT molecular complexity index is 1110. The van der Waals surface area contributed by atoms with E-state index in [4.69, 9.17) is 14.2 Å². The maximum atomic E-state index is 12.8. The molecule has 6 nitrogen and oxygen atoms in total. The molecule has 6 heteroatoms.